The van der Waals surface area contributed by atoms with Crippen LogP contribution in [0.25, 0.3) is 0 Å². The maximum atomic E-state index is 12.4. The van der Waals surface area contributed by atoms with E-state index in [1.165, 1.54) is 11.8 Å². The molecule has 0 saturated heterocycles. The molecule has 2 aromatic rings. The van der Waals surface area contributed by atoms with E-state index in [4.69, 9.17) is 0 Å². The highest BCUT2D eigenvalue weighted by Gasteiger charge is 2.15. The third-order valence-corrected chi connectivity index (χ3v) is 4.37. The minimum absolute atomic E-state index is 0.0151. The lowest BCUT2D eigenvalue weighted by Crippen LogP contribution is -2.32. The lowest BCUT2D eigenvalue weighted by molar-refractivity contribution is -0.116. The van der Waals surface area contributed by atoms with Gasteiger partial charge in [0.25, 0.3) is 0 Å². The van der Waals surface area contributed by atoms with Crippen molar-refractivity contribution in [2.45, 2.75) is 6.10 Å². The smallest absolute Gasteiger partial charge is 0.237 e. The Bertz CT molecular complexity index is 616. The number of carbonyl (C=O) groups is 1. The van der Waals surface area contributed by atoms with Gasteiger partial charge in [0.15, 0.2) is 0 Å². The summed E-state index contributed by atoms with van der Waals surface area (Å²) in [4.78, 5) is 14.1. The zero-order valence-electron chi connectivity index (χ0n) is 13.0. The SMILES string of the molecule is C=CCN(C(=O)CSCC(O)c1ccccc1)c1ccccc1. The van der Waals surface area contributed by atoms with Crippen LogP contribution >= 0.6 is 11.8 Å². The van der Waals surface area contributed by atoms with E-state index in [2.05, 4.69) is 6.58 Å². The molecule has 0 aliphatic carbocycles. The molecule has 0 radical (unpaired) electrons. The molecular formula is C19H21NO2S. The summed E-state index contributed by atoms with van der Waals surface area (Å²) in [6.07, 6.45) is 1.16. The van der Waals surface area contributed by atoms with Crippen LogP contribution in [0.1, 0.15) is 11.7 Å². The van der Waals surface area contributed by atoms with Gasteiger partial charge in [0.2, 0.25) is 5.91 Å². The molecule has 1 atom stereocenters. The van der Waals surface area contributed by atoms with E-state index in [1.807, 2.05) is 60.7 Å². The summed E-state index contributed by atoms with van der Waals surface area (Å²) in [6.45, 7) is 4.19. The summed E-state index contributed by atoms with van der Waals surface area (Å²) >= 11 is 1.44. The third kappa shape index (κ3) is 5.27. The number of benzene rings is 2. The second kappa shape index (κ2) is 9.18. The zero-order chi connectivity index (χ0) is 16.5. The maximum Gasteiger partial charge on any atom is 0.237 e. The van der Waals surface area contributed by atoms with Gasteiger partial charge in [0.1, 0.15) is 0 Å². The van der Waals surface area contributed by atoms with E-state index in [1.54, 1.807) is 11.0 Å². The van der Waals surface area contributed by atoms with Crippen LogP contribution in [0.4, 0.5) is 5.69 Å². The van der Waals surface area contributed by atoms with Gasteiger partial charge in [-0.1, -0.05) is 54.6 Å². The third-order valence-electron chi connectivity index (χ3n) is 3.37. The minimum atomic E-state index is -0.557. The Labute approximate surface area is 141 Å². The van der Waals surface area contributed by atoms with Crippen molar-refractivity contribution in [1.82, 2.24) is 0 Å². The first-order valence-electron chi connectivity index (χ1n) is 7.49. The molecule has 0 saturated carbocycles. The van der Waals surface area contributed by atoms with E-state index in [-0.39, 0.29) is 5.91 Å². The fraction of sp³-hybridized carbons (Fsp3) is 0.211. The van der Waals surface area contributed by atoms with Gasteiger partial charge in [-0.15, -0.1) is 18.3 Å². The Morgan fingerprint density at radius 2 is 1.74 bits per heavy atom. The number of aliphatic hydroxyl groups is 1. The molecule has 4 heteroatoms. The van der Waals surface area contributed by atoms with Crippen molar-refractivity contribution in [2.75, 3.05) is 23.0 Å². The van der Waals surface area contributed by atoms with E-state index < -0.39 is 6.10 Å². The van der Waals surface area contributed by atoms with Crippen LogP contribution in [-0.2, 0) is 4.79 Å². The average molecular weight is 327 g/mol. The van der Waals surface area contributed by atoms with Gasteiger partial charge in [0, 0.05) is 18.0 Å². The van der Waals surface area contributed by atoms with E-state index >= 15 is 0 Å². The fourth-order valence-electron chi connectivity index (χ4n) is 2.20. The van der Waals surface area contributed by atoms with Gasteiger partial charge >= 0.3 is 0 Å². The normalized spacial score (nSPS) is 11.7. The molecule has 1 unspecified atom stereocenters. The van der Waals surface area contributed by atoms with Crippen LogP contribution < -0.4 is 4.90 Å². The Morgan fingerprint density at radius 3 is 2.35 bits per heavy atom. The first-order chi connectivity index (χ1) is 11.2. The fourth-order valence-corrected chi connectivity index (χ4v) is 3.06. The van der Waals surface area contributed by atoms with Crippen LogP contribution in [0.3, 0.4) is 0 Å². The molecule has 1 N–H and O–H groups in total. The highest BCUT2D eigenvalue weighted by Crippen LogP contribution is 2.20. The number of amides is 1. The molecule has 0 aliphatic heterocycles. The van der Waals surface area contributed by atoms with Crippen molar-refractivity contribution in [3.8, 4) is 0 Å². The van der Waals surface area contributed by atoms with E-state index in [0.29, 0.717) is 18.1 Å². The number of rotatable bonds is 8. The summed E-state index contributed by atoms with van der Waals surface area (Å²) in [5.41, 5.74) is 1.74. The molecule has 0 spiro atoms. The second-order valence-electron chi connectivity index (χ2n) is 5.07. The number of nitrogens with zero attached hydrogens (tertiary/aromatic N) is 1. The minimum Gasteiger partial charge on any atom is -0.388 e. The summed E-state index contributed by atoms with van der Waals surface area (Å²) in [7, 11) is 0. The number of aliphatic hydroxyl groups excluding tert-OH is 1. The molecule has 0 fully saturated rings. The highest BCUT2D eigenvalue weighted by molar-refractivity contribution is 8.00. The Kier molecular flexibility index (Phi) is 6.91. The second-order valence-corrected chi connectivity index (χ2v) is 6.10. The summed E-state index contributed by atoms with van der Waals surface area (Å²) < 4.78 is 0. The van der Waals surface area contributed by atoms with Crippen molar-refractivity contribution in [3.05, 3.63) is 78.9 Å². The molecule has 2 aromatic carbocycles. The molecule has 23 heavy (non-hydrogen) atoms. The molecular weight excluding hydrogens is 306 g/mol. The highest BCUT2D eigenvalue weighted by atomic mass is 32.2. The number of para-hydroxylation sites is 1. The van der Waals surface area contributed by atoms with Crippen molar-refractivity contribution in [2.24, 2.45) is 0 Å². The van der Waals surface area contributed by atoms with Crippen LogP contribution in [0, 0.1) is 0 Å². The Balaban J connectivity index is 1.88. The molecule has 0 aliphatic rings. The number of thioether (sulfide) groups is 1. The molecule has 0 aromatic heterocycles. The molecule has 0 bridgehead atoms. The topological polar surface area (TPSA) is 40.5 Å². The van der Waals surface area contributed by atoms with Gasteiger partial charge in [-0.05, 0) is 17.7 Å². The van der Waals surface area contributed by atoms with Crippen LogP contribution in [-0.4, -0.2) is 29.1 Å². The van der Waals surface area contributed by atoms with Crippen LogP contribution in [0.2, 0.25) is 0 Å². The van der Waals surface area contributed by atoms with Crippen LogP contribution in [0.15, 0.2) is 73.3 Å². The quantitative estimate of drug-likeness (QED) is 0.752. The summed E-state index contributed by atoms with van der Waals surface area (Å²) in [5, 5.41) is 10.1. The molecule has 2 rings (SSSR count). The first-order valence-corrected chi connectivity index (χ1v) is 8.65. The molecule has 1 amide bonds. The predicted octanol–water partition coefficient (Wildman–Crippen LogP) is 3.67. The van der Waals surface area contributed by atoms with Crippen molar-refractivity contribution >= 4 is 23.4 Å². The molecule has 0 heterocycles. The zero-order valence-corrected chi connectivity index (χ0v) is 13.8. The van der Waals surface area contributed by atoms with E-state index in [0.717, 1.165) is 11.3 Å². The van der Waals surface area contributed by atoms with Gasteiger partial charge in [-0.25, -0.2) is 0 Å². The monoisotopic (exact) mass is 327 g/mol. The van der Waals surface area contributed by atoms with E-state index in [9.17, 15) is 9.90 Å². The number of carbonyl (C=O) groups excluding carboxylic acids is 1. The van der Waals surface area contributed by atoms with Crippen molar-refractivity contribution < 1.29 is 9.90 Å². The van der Waals surface area contributed by atoms with Gasteiger partial charge in [-0.2, -0.15) is 0 Å². The Hall–Kier alpha value is -2.04. The van der Waals surface area contributed by atoms with Gasteiger partial charge < -0.3 is 10.0 Å². The predicted molar refractivity (Wildman–Crippen MR) is 97.7 cm³/mol. The Morgan fingerprint density at radius 1 is 1.13 bits per heavy atom. The number of anilines is 1. The number of hydrogen-bond acceptors (Lipinski definition) is 3. The molecule has 3 nitrogen and oxygen atoms in total. The van der Waals surface area contributed by atoms with Crippen molar-refractivity contribution in [1.29, 1.82) is 0 Å². The first kappa shape index (κ1) is 17.3. The summed E-state index contributed by atoms with van der Waals surface area (Å²) in [5.74, 6) is 0.834. The largest absolute Gasteiger partial charge is 0.388 e. The van der Waals surface area contributed by atoms with Gasteiger partial charge in [-0.3, -0.25) is 4.79 Å². The lowest BCUT2D eigenvalue weighted by Gasteiger charge is -2.21. The standard InChI is InChI=1S/C19H21NO2S/c1-2-13-20(17-11-7-4-8-12-17)19(22)15-23-14-18(21)16-9-5-3-6-10-16/h2-12,18,21H,1,13-15H2. The molecule has 120 valence electrons. The van der Waals surface area contributed by atoms with Gasteiger partial charge in [0.05, 0.1) is 11.9 Å². The van der Waals surface area contributed by atoms with Crippen molar-refractivity contribution in [3.63, 3.8) is 0 Å². The lowest BCUT2D eigenvalue weighted by atomic mass is 10.1. The van der Waals surface area contributed by atoms with Crippen LogP contribution in [0.5, 0.6) is 0 Å². The maximum absolute atomic E-state index is 12.4. The number of hydrogen-bond donors (Lipinski definition) is 1. The summed E-state index contributed by atoms with van der Waals surface area (Å²) in [6, 6.07) is 19.0. The average Bonchev–Trinajstić information content (AvgIpc) is 2.61.